The first kappa shape index (κ1) is 22.9. The van der Waals surface area contributed by atoms with E-state index in [-0.39, 0.29) is 17.7 Å². The van der Waals surface area contributed by atoms with Crippen LogP contribution >= 0.6 is 0 Å². The molecule has 1 fully saturated rings. The minimum Gasteiger partial charge on any atom is -0.432 e. The highest BCUT2D eigenvalue weighted by Crippen LogP contribution is 2.44. The largest absolute Gasteiger partial charge is 0.432 e. The van der Waals surface area contributed by atoms with Gasteiger partial charge in [-0.15, -0.1) is 0 Å². The summed E-state index contributed by atoms with van der Waals surface area (Å²) in [4.78, 5) is 18.8. The lowest BCUT2D eigenvalue weighted by atomic mass is 9.80. The minimum absolute atomic E-state index is 0.00851. The number of alkyl halides is 4. The molecule has 1 amide bonds. The number of hydrogen-bond acceptors (Lipinski definition) is 5. The van der Waals surface area contributed by atoms with Crippen molar-refractivity contribution in [3.05, 3.63) is 53.4 Å². The first-order valence-corrected chi connectivity index (χ1v) is 10.3. The van der Waals surface area contributed by atoms with Gasteiger partial charge < -0.3 is 10.1 Å². The first-order chi connectivity index (χ1) is 15.9. The molecular formula is C21H20F5N5O2. The van der Waals surface area contributed by atoms with E-state index in [1.165, 1.54) is 29.0 Å². The van der Waals surface area contributed by atoms with Crippen LogP contribution in [0, 0.1) is 5.82 Å². The summed E-state index contributed by atoms with van der Waals surface area (Å²) in [6, 6.07) is 4.82. The lowest BCUT2D eigenvalue weighted by Gasteiger charge is -2.27. The Labute approximate surface area is 185 Å². The summed E-state index contributed by atoms with van der Waals surface area (Å²) in [5.74, 6) is -2.33. The number of carbonyl (C=O) groups excluding carboxylic acids is 1. The Balaban J connectivity index is 1.81. The predicted molar refractivity (Wildman–Crippen MR) is 106 cm³/mol. The van der Waals surface area contributed by atoms with Gasteiger partial charge in [0.15, 0.2) is 11.6 Å². The van der Waals surface area contributed by atoms with Gasteiger partial charge in [0, 0.05) is 12.0 Å². The molecule has 3 atom stereocenters. The number of benzene rings is 1. The van der Waals surface area contributed by atoms with Gasteiger partial charge in [0.2, 0.25) is 6.41 Å². The third kappa shape index (κ3) is 4.88. The minimum atomic E-state index is -3.20. The highest BCUT2D eigenvalue weighted by Gasteiger charge is 2.33. The zero-order valence-corrected chi connectivity index (χ0v) is 17.2. The molecule has 12 heteroatoms. The summed E-state index contributed by atoms with van der Waals surface area (Å²) < 4.78 is 72.3. The van der Waals surface area contributed by atoms with Crippen molar-refractivity contribution in [2.75, 3.05) is 0 Å². The number of carbonyl (C=O) groups is 1. The quantitative estimate of drug-likeness (QED) is 0.316. The van der Waals surface area contributed by atoms with Crippen molar-refractivity contribution in [2.45, 2.75) is 56.6 Å². The number of halogens is 5. The number of nitrogens with one attached hydrogen (secondary N) is 1. The maximum absolute atomic E-state index is 14.0. The van der Waals surface area contributed by atoms with Crippen LogP contribution in [0.4, 0.5) is 22.0 Å². The smallest absolute Gasteiger partial charge is 0.387 e. The number of rotatable bonds is 7. The highest BCUT2D eigenvalue weighted by molar-refractivity contribution is 5.46. The number of ether oxygens (including phenoxy) is 1. The molecule has 1 aliphatic carbocycles. The van der Waals surface area contributed by atoms with Crippen LogP contribution in [0.1, 0.15) is 60.9 Å². The molecule has 0 aliphatic heterocycles. The standard InChI is InChI=1S/C21H20F5N5O2/c22-15-6-1-11(7-18(15)33-20(25)26)13-4-2-12(28-10-32)3-5-14(13)17-8-16(19(23)24)30-21-27-9-29-31(17)21/h1,6-10,12-14,19-20H,2-5H2,(H,28,32)/t12-,13?,14?/m0/s1. The molecule has 2 aromatic heterocycles. The number of fused-ring (bicyclic) bond motifs is 1. The molecule has 1 aromatic carbocycles. The van der Waals surface area contributed by atoms with Gasteiger partial charge >= 0.3 is 6.61 Å². The number of amides is 1. The summed E-state index contributed by atoms with van der Waals surface area (Å²) in [6.45, 7) is -3.20. The van der Waals surface area contributed by atoms with E-state index in [9.17, 15) is 26.7 Å². The molecule has 2 heterocycles. The van der Waals surface area contributed by atoms with Crippen LogP contribution in [0.5, 0.6) is 5.75 Å². The van der Waals surface area contributed by atoms with E-state index >= 15 is 0 Å². The van der Waals surface area contributed by atoms with Gasteiger partial charge in [0.25, 0.3) is 12.2 Å². The Morgan fingerprint density at radius 1 is 1.09 bits per heavy atom. The topological polar surface area (TPSA) is 81.4 Å². The summed E-state index contributed by atoms with van der Waals surface area (Å²) in [6.07, 6.45) is 0.994. The van der Waals surface area contributed by atoms with E-state index < -0.39 is 36.2 Å². The molecule has 176 valence electrons. The maximum Gasteiger partial charge on any atom is 0.387 e. The molecule has 1 saturated carbocycles. The fourth-order valence-corrected chi connectivity index (χ4v) is 4.49. The molecule has 0 bridgehead atoms. The average Bonchev–Trinajstić information content (AvgIpc) is 3.15. The molecule has 3 aromatic rings. The average molecular weight is 469 g/mol. The van der Waals surface area contributed by atoms with Crippen molar-refractivity contribution >= 4 is 12.2 Å². The second kappa shape index (κ2) is 9.67. The second-order valence-electron chi connectivity index (χ2n) is 7.80. The lowest BCUT2D eigenvalue weighted by Crippen LogP contribution is -2.26. The van der Waals surface area contributed by atoms with E-state index in [2.05, 4.69) is 25.1 Å². The van der Waals surface area contributed by atoms with Crippen LogP contribution in [0.15, 0.2) is 30.6 Å². The number of nitrogens with zero attached hydrogens (tertiary/aromatic N) is 4. The van der Waals surface area contributed by atoms with Crippen molar-refractivity contribution in [1.29, 1.82) is 0 Å². The molecule has 1 aliphatic rings. The van der Waals surface area contributed by atoms with Crippen LogP contribution in [0.3, 0.4) is 0 Å². The summed E-state index contributed by atoms with van der Waals surface area (Å²) in [7, 11) is 0. The van der Waals surface area contributed by atoms with Crippen molar-refractivity contribution in [3.63, 3.8) is 0 Å². The molecule has 0 spiro atoms. The van der Waals surface area contributed by atoms with Gasteiger partial charge in [-0.1, -0.05) is 6.07 Å². The maximum atomic E-state index is 14.0. The number of aromatic nitrogens is 4. The summed E-state index contributed by atoms with van der Waals surface area (Å²) in [5, 5.41) is 6.87. The van der Waals surface area contributed by atoms with Gasteiger partial charge in [0.1, 0.15) is 12.0 Å². The zero-order valence-electron chi connectivity index (χ0n) is 17.2. The lowest BCUT2D eigenvalue weighted by molar-refractivity contribution is -0.110. The normalized spacial score (nSPS) is 21.4. The monoisotopic (exact) mass is 469 g/mol. The van der Waals surface area contributed by atoms with Crippen LogP contribution in [-0.4, -0.2) is 38.6 Å². The molecule has 0 saturated heterocycles. The Kier molecular flexibility index (Phi) is 6.70. The summed E-state index contributed by atoms with van der Waals surface area (Å²) >= 11 is 0. The third-order valence-electron chi connectivity index (χ3n) is 5.94. The second-order valence-corrected chi connectivity index (χ2v) is 7.80. The van der Waals surface area contributed by atoms with Crippen molar-refractivity contribution < 1.29 is 31.5 Å². The fraction of sp³-hybridized carbons (Fsp3) is 0.429. The van der Waals surface area contributed by atoms with Gasteiger partial charge in [-0.05, 0) is 55.4 Å². The Morgan fingerprint density at radius 2 is 1.85 bits per heavy atom. The Hall–Kier alpha value is -3.31. The van der Waals surface area contributed by atoms with E-state index in [1.54, 1.807) is 0 Å². The van der Waals surface area contributed by atoms with E-state index in [1.807, 2.05) is 0 Å². The zero-order chi connectivity index (χ0) is 23.5. The van der Waals surface area contributed by atoms with E-state index in [4.69, 9.17) is 0 Å². The van der Waals surface area contributed by atoms with E-state index in [0.29, 0.717) is 43.4 Å². The van der Waals surface area contributed by atoms with Gasteiger partial charge in [-0.3, -0.25) is 4.79 Å². The molecular weight excluding hydrogens is 449 g/mol. The highest BCUT2D eigenvalue weighted by atomic mass is 19.3. The molecule has 0 radical (unpaired) electrons. The predicted octanol–water partition coefficient (Wildman–Crippen LogP) is 4.36. The van der Waals surface area contributed by atoms with Crippen LogP contribution in [0.25, 0.3) is 5.78 Å². The summed E-state index contributed by atoms with van der Waals surface area (Å²) in [5.41, 5.74) is 0.467. The van der Waals surface area contributed by atoms with Gasteiger partial charge in [-0.25, -0.2) is 22.7 Å². The third-order valence-corrected chi connectivity index (χ3v) is 5.94. The molecule has 7 nitrogen and oxygen atoms in total. The molecule has 33 heavy (non-hydrogen) atoms. The van der Waals surface area contributed by atoms with Crippen molar-refractivity contribution in [1.82, 2.24) is 24.9 Å². The molecule has 4 rings (SSSR count). The van der Waals surface area contributed by atoms with Crippen LogP contribution < -0.4 is 10.1 Å². The molecule has 1 N–H and O–H groups in total. The Bertz CT molecular complexity index is 1130. The van der Waals surface area contributed by atoms with Gasteiger partial charge in [0.05, 0.1) is 5.69 Å². The van der Waals surface area contributed by atoms with Gasteiger partial charge in [-0.2, -0.15) is 18.9 Å². The van der Waals surface area contributed by atoms with Crippen molar-refractivity contribution in [3.8, 4) is 5.75 Å². The Morgan fingerprint density at radius 3 is 2.55 bits per heavy atom. The van der Waals surface area contributed by atoms with E-state index in [0.717, 1.165) is 6.07 Å². The van der Waals surface area contributed by atoms with Crippen LogP contribution in [-0.2, 0) is 4.79 Å². The SMILES string of the molecule is O=CN[C@H]1CCC(c2ccc(F)c(OC(F)F)c2)C(c2cc(C(F)F)nc3ncnn23)CC1. The fourth-order valence-electron chi connectivity index (χ4n) is 4.49. The number of hydrogen-bond donors (Lipinski definition) is 1. The van der Waals surface area contributed by atoms with Crippen LogP contribution in [0.2, 0.25) is 0 Å². The molecule has 2 unspecified atom stereocenters. The first-order valence-electron chi connectivity index (χ1n) is 10.3. The van der Waals surface area contributed by atoms with Crippen molar-refractivity contribution in [2.24, 2.45) is 0 Å².